The molecule has 3 amide bonds. The Bertz CT molecular complexity index is 1230. The molecule has 0 aliphatic carbocycles. The maximum Gasteiger partial charge on any atom is 0.345 e. The number of urea groups is 1. The molecule has 1 N–H and O–H groups in total. The van der Waals surface area contributed by atoms with Crippen molar-refractivity contribution < 1.29 is 23.9 Å². The molecule has 1 heterocycles. The molecule has 2 aromatic rings. The normalized spacial score (nSPS) is 13.6. The number of hydrogen-bond acceptors (Lipinski definition) is 6. The number of hydrogen-bond donors (Lipinski definition) is 1. The molecule has 9 nitrogen and oxygen atoms in total. The number of nitrogens with zero attached hydrogens (tertiary/aromatic N) is 3. The van der Waals surface area contributed by atoms with E-state index in [4.69, 9.17) is 4.74 Å². The van der Waals surface area contributed by atoms with Gasteiger partial charge in [-0.25, -0.2) is 14.6 Å². The summed E-state index contributed by atoms with van der Waals surface area (Å²) in [4.78, 5) is 52.9. The Morgan fingerprint density at radius 1 is 1.03 bits per heavy atom. The molecule has 1 aliphatic heterocycles. The van der Waals surface area contributed by atoms with Gasteiger partial charge >= 0.3 is 12.0 Å². The monoisotopic (exact) mass is 506 g/mol. The van der Waals surface area contributed by atoms with E-state index in [0.717, 1.165) is 10.6 Å². The fourth-order valence-corrected chi connectivity index (χ4v) is 3.79. The maximum atomic E-state index is 13.7. The van der Waals surface area contributed by atoms with Gasteiger partial charge in [0.2, 0.25) is 5.91 Å². The molecule has 0 aromatic heterocycles. The van der Waals surface area contributed by atoms with Crippen LogP contribution >= 0.6 is 0 Å². The molecule has 2 aromatic carbocycles. The fraction of sp³-hybridized carbons (Fsp3) is 0.393. The first-order valence-corrected chi connectivity index (χ1v) is 12.2. The number of para-hydroxylation sites is 1. The lowest BCUT2D eigenvalue weighted by molar-refractivity contribution is -0.124. The summed E-state index contributed by atoms with van der Waals surface area (Å²) in [5.74, 6) is -0.914. The zero-order valence-electron chi connectivity index (χ0n) is 22.2. The smallest absolute Gasteiger partial charge is 0.345 e. The number of nitrogens with one attached hydrogen (secondary N) is 1. The van der Waals surface area contributed by atoms with Gasteiger partial charge in [-0.2, -0.15) is 5.10 Å². The number of ether oxygens (including phenoxy) is 1. The zero-order valence-corrected chi connectivity index (χ0v) is 22.2. The van der Waals surface area contributed by atoms with Crippen molar-refractivity contribution in [3.63, 3.8) is 0 Å². The van der Waals surface area contributed by atoms with E-state index in [9.17, 15) is 19.2 Å². The molecule has 9 heteroatoms. The van der Waals surface area contributed by atoms with Gasteiger partial charge in [0.05, 0.1) is 30.6 Å². The van der Waals surface area contributed by atoms with Crippen LogP contribution in [0.3, 0.4) is 0 Å². The fourth-order valence-electron chi connectivity index (χ4n) is 3.79. The molecular weight excluding hydrogens is 472 g/mol. The second kappa shape index (κ2) is 11.4. The second-order valence-electron chi connectivity index (χ2n) is 10.4. The minimum atomic E-state index is -0.657. The van der Waals surface area contributed by atoms with Gasteiger partial charge in [0.15, 0.2) is 5.78 Å². The van der Waals surface area contributed by atoms with Crippen LogP contribution < -0.4 is 10.2 Å². The highest BCUT2D eigenvalue weighted by atomic mass is 16.5. The zero-order chi connectivity index (χ0) is 27.3. The molecule has 196 valence electrons. The summed E-state index contributed by atoms with van der Waals surface area (Å²) in [5.41, 5.74) is 1.99. The molecule has 0 spiro atoms. The van der Waals surface area contributed by atoms with E-state index >= 15 is 0 Å². The van der Waals surface area contributed by atoms with Crippen LogP contribution in [0.5, 0.6) is 0 Å². The first kappa shape index (κ1) is 27.6. The van der Waals surface area contributed by atoms with Crippen LogP contribution in [0.15, 0.2) is 53.6 Å². The standard InChI is InChI=1S/C28H34N4O5/c1-18(2)14-22-21-12-7-8-13-23(21)31(16-24(33)28(3,4)5)27(36)32(30-22)17-25(34)29-20-11-9-10-19(15-20)26(35)37-6/h7-13,15,18H,14,16-17H2,1-6H3,(H,29,34). The number of carbonyl (C=O) groups excluding carboxylic acids is 4. The van der Waals surface area contributed by atoms with Crippen LogP contribution in [-0.2, 0) is 14.3 Å². The highest BCUT2D eigenvalue weighted by Crippen LogP contribution is 2.29. The van der Waals surface area contributed by atoms with Gasteiger partial charge in [0.1, 0.15) is 6.54 Å². The lowest BCUT2D eigenvalue weighted by Crippen LogP contribution is -2.47. The summed E-state index contributed by atoms with van der Waals surface area (Å²) in [5, 5.41) is 8.43. The second-order valence-corrected chi connectivity index (χ2v) is 10.4. The Kier molecular flexibility index (Phi) is 8.47. The molecule has 0 unspecified atom stereocenters. The predicted molar refractivity (Wildman–Crippen MR) is 143 cm³/mol. The topological polar surface area (TPSA) is 108 Å². The van der Waals surface area contributed by atoms with Gasteiger partial charge in [0.25, 0.3) is 0 Å². The summed E-state index contributed by atoms with van der Waals surface area (Å²) in [6, 6.07) is 13.1. The third-order valence-electron chi connectivity index (χ3n) is 5.80. The Morgan fingerprint density at radius 3 is 2.38 bits per heavy atom. The number of fused-ring (bicyclic) bond motifs is 1. The van der Waals surface area contributed by atoms with Crippen molar-refractivity contribution >= 4 is 40.8 Å². The van der Waals surface area contributed by atoms with Crippen molar-refractivity contribution in [1.82, 2.24) is 5.01 Å². The quantitative estimate of drug-likeness (QED) is 0.521. The summed E-state index contributed by atoms with van der Waals surface area (Å²) in [6.45, 7) is 8.97. The Balaban J connectivity index is 1.95. The molecule has 0 saturated carbocycles. The van der Waals surface area contributed by atoms with Crippen molar-refractivity contribution in [2.45, 2.75) is 41.0 Å². The number of carbonyl (C=O) groups is 4. The minimum Gasteiger partial charge on any atom is -0.465 e. The van der Waals surface area contributed by atoms with Crippen LogP contribution in [0.4, 0.5) is 16.2 Å². The van der Waals surface area contributed by atoms with Crippen molar-refractivity contribution in [3.8, 4) is 0 Å². The molecule has 0 atom stereocenters. The number of hydrazone groups is 1. The van der Waals surface area contributed by atoms with Crippen LogP contribution in [0.1, 0.15) is 57.0 Å². The molecule has 0 bridgehead atoms. The molecule has 0 fully saturated rings. The van der Waals surface area contributed by atoms with Crippen LogP contribution in [0.25, 0.3) is 0 Å². The van der Waals surface area contributed by atoms with Crippen LogP contribution in [-0.4, -0.2) is 54.6 Å². The average molecular weight is 507 g/mol. The van der Waals surface area contributed by atoms with Gasteiger partial charge in [-0.3, -0.25) is 14.5 Å². The minimum absolute atomic E-state index is 0.119. The highest BCUT2D eigenvalue weighted by molar-refractivity contribution is 6.12. The molecule has 37 heavy (non-hydrogen) atoms. The average Bonchev–Trinajstić information content (AvgIpc) is 2.93. The van der Waals surface area contributed by atoms with E-state index in [2.05, 4.69) is 10.4 Å². The molecule has 1 aliphatic rings. The SMILES string of the molecule is COC(=O)c1cccc(NC(=O)CN2N=C(CC(C)C)c3ccccc3N(CC(=O)C(C)(C)C)C2=O)c1. The molecule has 3 rings (SSSR count). The lowest BCUT2D eigenvalue weighted by Gasteiger charge is -2.28. The molecule has 0 saturated heterocycles. The van der Waals surface area contributed by atoms with Crippen LogP contribution in [0.2, 0.25) is 0 Å². The van der Waals surface area contributed by atoms with E-state index in [-0.39, 0.29) is 30.4 Å². The number of benzene rings is 2. The highest BCUT2D eigenvalue weighted by Gasteiger charge is 2.34. The molecule has 0 radical (unpaired) electrons. The maximum absolute atomic E-state index is 13.7. The number of anilines is 2. The largest absolute Gasteiger partial charge is 0.465 e. The van der Waals surface area contributed by atoms with Crippen molar-refractivity contribution in [3.05, 3.63) is 59.7 Å². The Morgan fingerprint density at radius 2 is 1.73 bits per heavy atom. The molecular formula is C28H34N4O5. The van der Waals surface area contributed by atoms with E-state index in [0.29, 0.717) is 23.5 Å². The number of methoxy groups -OCH3 is 1. The number of esters is 1. The summed E-state index contributed by atoms with van der Waals surface area (Å²) in [6.07, 6.45) is 0.574. The van der Waals surface area contributed by atoms with E-state index in [1.54, 1.807) is 45.0 Å². The number of rotatable bonds is 8. The van der Waals surface area contributed by atoms with E-state index in [1.807, 2.05) is 32.0 Å². The third-order valence-corrected chi connectivity index (χ3v) is 5.80. The third kappa shape index (κ3) is 6.81. The predicted octanol–water partition coefficient (Wildman–Crippen LogP) is 4.72. The summed E-state index contributed by atoms with van der Waals surface area (Å²) < 4.78 is 4.73. The summed E-state index contributed by atoms with van der Waals surface area (Å²) in [7, 11) is 1.28. The number of ketones is 1. The van der Waals surface area contributed by atoms with Crippen molar-refractivity contribution in [1.29, 1.82) is 0 Å². The summed E-state index contributed by atoms with van der Waals surface area (Å²) >= 11 is 0. The van der Waals surface area contributed by atoms with Gasteiger partial charge in [-0.15, -0.1) is 0 Å². The Labute approximate surface area is 217 Å². The number of amides is 3. The Hall–Kier alpha value is -4.01. The van der Waals surface area contributed by atoms with Gasteiger partial charge < -0.3 is 10.1 Å². The van der Waals surface area contributed by atoms with Gasteiger partial charge in [-0.05, 0) is 36.6 Å². The number of Topliss-reactive ketones (excluding diaryl/α,β-unsaturated/α-hetero) is 1. The first-order valence-electron chi connectivity index (χ1n) is 12.2. The van der Waals surface area contributed by atoms with E-state index < -0.39 is 23.3 Å². The van der Waals surface area contributed by atoms with E-state index in [1.165, 1.54) is 18.1 Å². The van der Waals surface area contributed by atoms with Gasteiger partial charge in [0, 0.05) is 16.7 Å². The van der Waals surface area contributed by atoms with Crippen LogP contribution in [0, 0.1) is 11.3 Å². The van der Waals surface area contributed by atoms with Crippen molar-refractivity contribution in [2.24, 2.45) is 16.4 Å². The lowest BCUT2D eigenvalue weighted by atomic mass is 9.90. The first-order chi connectivity index (χ1) is 17.4. The van der Waals surface area contributed by atoms with Crippen molar-refractivity contribution in [2.75, 3.05) is 30.4 Å². The van der Waals surface area contributed by atoms with Gasteiger partial charge in [-0.1, -0.05) is 58.9 Å².